The molecule has 2 aromatic heterocycles. The average Bonchev–Trinajstić information content (AvgIpc) is 2.77. The summed E-state index contributed by atoms with van der Waals surface area (Å²) in [6.45, 7) is 4.28. The maximum atomic E-state index is 11.9. The number of aromatic nitrogens is 4. The van der Waals surface area contributed by atoms with Gasteiger partial charge in [0.2, 0.25) is 0 Å². The molecule has 0 amide bonds. The second-order valence-electron chi connectivity index (χ2n) is 4.28. The fourth-order valence-electron chi connectivity index (χ4n) is 1.63. The van der Waals surface area contributed by atoms with E-state index in [1.54, 1.807) is 25.9 Å². The number of hydrogen-bond donors (Lipinski definition) is 1. The molecule has 1 N–H and O–H groups in total. The van der Waals surface area contributed by atoms with E-state index >= 15 is 0 Å². The van der Waals surface area contributed by atoms with Crippen LogP contribution in [0.4, 0.5) is 0 Å². The van der Waals surface area contributed by atoms with E-state index in [0.29, 0.717) is 15.5 Å². The molecule has 0 saturated carbocycles. The molecule has 18 heavy (non-hydrogen) atoms. The Hall–Kier alpha value is -1.08. The van der Waals surface area contributed by atoms with Crippen LogP contribution in [0.3, 0.4) is 0 Å². The lowest BCUT2D eigenvalue weighted by atomic mass is 10.4. The molecule has 7 heteroatoms. The van der Waals surface area contributed by atoms with Crippen molar-refractivity contribution in [2.24, 2.45) is 14.1 Å². The molecule has 0 aliphatic heterocycles. The number of thioether (sulfide) groups is 1. The van der Waals surface area contributed by atoms with E-state index < -0.39 is 0 Å². The van der Waals surface area contributed by atoms with Gasteiger partial charge in [0, 0.05) is 19.3 Å². The molecule has 5 nitrogen and oxygen atoms in total. The molecule has 2 aromatic rings. The molecule has 0 fully saturated rings. The summed E-state index contributed by atoms with van der Waals surface area (Å²) in [6, 6.07) is 0. The standard InChI is InChI=1S/C11H16N4OS2/c1-5-6(2)18-10-12-7-8(13-10)14(3)11(16)15(4)9(7)17/h6H,5H2,1-4H3,(H,12,13). The van der Waals surface area contributed by atoms with Crippen LogP contribution < -0.4 is 5.69 Å². The van der Waals surface area contributed by atoms with Gasteiger partial charge in [0.25, 0.3) is 0 Å². The first-order valence-corrected chi connectivity index (χ1v) is 7.06. The zero-order chi connectivity index (χ0) is 13.4. The monoisotopic (exact) mass is 284 g/mol. The van der Waals surface area contributed by atoms with Crippen LogP contribution >= 0.6 is 24.0 Å². The van der Waals surface area contributed by atoms with Crippen LogP contribution in [0.5, 0.6) is 0 Å². The highest BCUT2D eigenvalue weighted by molar-refractivity contribution is 7.99. The molecule has 0 aliphatic carbocycles. The fraction of sp³-hybridized carbons (Fsp3) is 0.545. The minimum atomic E-state index is -0.154. The predicted octanol–water partition coefficient (Wildman–Crippen LogP) is 2.22. The lowest BCUT2D eigenvalue weighted by Gasteiger charge is -2.03. The van der Waals surface area contributed by atoms with Gasteiger partial charge in [-0.2, -0.15) is 0 Å². The van der Waals surface area contributed by atoms with Crippen molar-refractivity contribution in [3.63, 3.8) is 0 Å². The molecule has 0 aliphatic rings. The second-order valence-corrected chi connectivity index (χ2v) is 6.10. The summed E-state index contributed by atoms with van der Waals surface area (Å²) in [7, 11) is 3.38. The summed E-state index contributed by atoms with van der Waals surface area (Å²) in [4.78, 5) is 19.5. The normalized spacial score (nSPS) is 13.1. The molecule has 2 rings (SSSR count). The van der Waals surface area contributed by atoms with Crippen molar-refractivity contribution in [1.82, 2.24) is 19.1 Å². The van der Waals surface area contributed by atoms with Crippen molar-refractivity contribution in [3.8, 4) is 0 Å². The number of nitrogens with one attached hydrogen (secondary N) is 1. The summed E-state index contributed by atoms with van der Waals surface area (Å²) in [5.74, 6) is 0. The van der Waals surface area contributed by atoms with E-state index in [-0.39, 0.29) is 5.69 Å². The largest absolute Gasteiger partial charge is 0.330 e. The first kappa shape index (κ1) is 13.4. The highest BCUT2D eigenvalue weighted by atomic mass is 32.2. The number of hydrogen-bond acceptors (Lipinski definition) is 4. The van der Waals surface area contributed by atoms with Gasteiger partial charge in [0.05, 0.1) is 0 Å². The lowest BCUT2D eigenvalue weighted by Crippen LogP contribution is -2.27. The third-order valence-electron chi connectivity index (χ3n) is 2.96. The third-order valence-corrected chi connectivity index (χ3v) is 4.59. The zero-order valence-corrected chi connectivity index (χ0v) is 12.5. The van der Waals surface area contributed by atoms with Gasteiger partial charge >= 0.3 is 5.69 Å². The Kier molecular flexibility index (Phi) is 3.63. The zero-order valence-electron chi connectivity index (χ0n) is 10.9. The molecule has 0 bridgehead atoms. The van der Waals surface area contributed by atoms with Crippen LogP contribution in [-0.2, 0) is 14.1 Å². The minimum absolute atomic E-state index is 0.154. The second kappa shape index (κ2) is 4.89. The number of imidazole rings is 1. The maximum Gasteiger partial charge on any atom is 0.330 e. The van der Waals surface area contributed by atoms with E-state index in [1.807, 2.05) is 0 Å². The summed E-state index contributed by atoms with van der Waals surface area (Å²) >= 11 is 6.93. The Morgan fingerprint density at radius 1 is 1.44 bits per heavy atom. The molecule has 1 unspecified atom stereocenters. The first-order chi connectivity index (χ1) is 8.45. The summed E-state index contributed by atoms with van der Waals surface area (Å²) in [6.07, 6.45) is 1.06. The van der Waals surface area contributed by atoms with Crippen molar-refractivity contribution in [1.29, 1.82) is 0 Å². The number of nitrogens with zero attached hydrogens (tertiary/aromatic N) is 3. The quantitative estimate of drug-likeness (QED) is 0.693. The van der Waals surface area contributed by atoms with Crippen LogP contribution in [0.15, 0.2) is 9.95 Å². The van der Waals surface area contributed by atoms with Crippen molar-refractivity contribution < 1.29 is 0 Å². The first-order valence-electron chi connectivity index (χ1n) is 5.78. The van der Waals surface area contributed by atoms with Gasteiger partial charge < -0.3 is 4.98 Å². The summed E-state index contributed by atoms with van der Waals surface area (Å²) in [5, 5.41) is 1.29. The Balaban J connectivity index is 2.65. The van der Waals surface area contributed by atoms with Crippen LogP contribution in [0.2, 0.25) is 0 Å². The molecule has 0 saturated heterocycles. The van der Waals surface area contributed by atoms with Gasteiger partial charge in [0.15, 0.2) is 10.8 Å². The van der Waals surface area contributed by atoms with Crippen LogP contribution in [0, 0.1) is 4.64 Å². The average molecular weight is 284 g/mol. The van der Waals surface area contributed by atoms with Crippen LogP contribution in [0.25, 0.3) is 11.2 Å². The molecule has 0 spiro atoms. The van der Waals surface area contributed by atoms with Gasteiger partial charge in [-0.15, -0.1) is 0 Å². The Morgan fingerprint density at radius 2 is 2.11 bits per heavy atom. The van der Waals surface area contributed by atoms with Crippen molar-refractivity contribution in [2.75, 3.05) is 0 Å². The summed E-state index contributed by atoms with van der Waals surface area (Å²) in [5.41, 5.74) is 1.22. The molecular weight excluding hydrogens is 268 g/mol. The number of H-pyrrole nitrogens is 1. The molecular formula is C11H16N4OS2. The van der Waals surface area contributed by atoms with Crippen molar-refractivity contribution in [3.05, 3.63) is 15.1 Å². The van der Waals surface area contributed by atoms with Gasteiger partial charge in [0.1, 0.15) is 10.2 Å². The topological polar surface area (TPSA) is 55.6 Å². The maximum absolute atomic E-state index is 11.9. The predicted molar refractivity (Wildman–Crippen MR) is 76.7 cm³/mol. The fourth-order valence-corrected chi connectivity index (χ4v) is 2.70. The highest BCUT2D eigenvalue weighted by Gasteiger charge is 2.12. The van der Waals surface area contributed by atoms with E-state index in [2.05, 4.69) is 23.8 Å². The van der Waals surface area contributed by atoms with Gasteiger partial charge in [-0.05, 0) is 6.42 Å². The summed E-state index contributed by atoms with van der Waals surface area (Å²) < 4.78 is 3.46. The van der Waals surface area contributed by atoms with Crippen molar-refractivity contribution >= 4 is 35.1 Å². The SMILES string of the molecule is CCC(C)Sc1nc2c([nH]1)c(=S)n(C)c(=O)n2C. The highest BCUT2D eigenvalue weighted by Crippen LogP contribution is 2.24. The van der Waals surface area contributed by atoms with E-state index in [9.17, 15) is 4.79 Å². The Morgan fingerprint density at radius 3 is 2.72 bits per heavy atom. The van der Waals surface area contributed by atoms with Gasteiger partial charge in [-0.3, -0.25) is 9.13 Å². The third kappa shape index (κ3) is 2.12. The van der Waals surface area contributed by atoms with E-state index in [0.717, 1.165) is 17.1 Å². The lowest BCUT2D eigenvalue weighted by molar-refractivity contribution is 0.721. The Bertz CT molecular complexity index is 697. The number of aromatic amines is 1. The minimum Gasteiger partial charge on any atom is -0.329 e. The number of aryl methyl sites for hydroxylation is 1. The van der Waals surface area contributed by atoms with Crippen LogP contribution in [-0.4, -0.2) is 24.4 Å². The number of fused-ring (bicyclic) bond motifs is 1. The molecule has 98 valence electrons. The van der Waals surface area contributed by atoms with Gasteiger partial charge in [-0.25, -0.2) is 9.78 Å². The molecule has 0 radical (unpaired) electrons. The smallest absolute Gasteiger partial charge is 0.329 e. The van der Waals surface area contributed by atoms with E-state index in [4.69, 9.17) is 12.2 Å². The van der Waals surface area contributed by atoms with Crippen molar-refractivity contribution in [2.45, 2.75) is 30.7 Å². The van der Waals surface area contributed by atoms with Gasteiger partial charge in [-0.1, -0.05) is 37.8 Å². The molecule has 0 aromatic carbocycles. The number of rotatable bonds is 3. The molecule has 2 heterocycles. The van der Waals surface area contributed by atoms with Crippen LogP contribution in [0.1, 0.15) is 20.3 Å². The Labute approximate surface area is 114 Å². The molecule has 1 atom stereocenters. The van der Waals surface area contributed by atoms with E-state index in [1.165, 1.54) is 9.13 Å².